The van der Waals surface area contributed by atoms with Gasteiger partial charge in [0, 0.05) is 12.3 Å². The lowest BCUT2D eigenvalue weighted by molar-refractivity contribution is -0.113. The molecule has 0 bridgehead atoms. The predicted molar refractivity (Wildman–Crippen MR) is 71.5 cm³/mol. The quantitative estimate of drug-likeness (QED) is 0.800. The number of Topliss-reactive ketones (excluding diaryl/α,β-unsaturated/α-hetero) is 1. The van der Waals surface area contributed by atoms with Crippen molar-refractivity contribution in [2.24, 2.45) is 17.0 Å². The third-order valence-corrected chi connectivity index (χ3v) is 3.03. The van der Waals surface area contributed by atoms with E-state index in [0.717, 1.165) is 6.42 Å². The zero-order valence-corrected chi connectivity index (χ0v) is 10.9. The molecule has 0 saturated heterocycles. The molecule has 0 N–H and O–H groups in total. The van der Waals surface area contributed by atoms with Crippen LogP contribution in [0, 0.1) is 11.8 Å². The number of hydrogen-bond donors (Lipinski definition) is 0. The number of carbonyl (C=O) groups is 1. The van der Waals surface area contributed by atoms with E-state index in [1.54, 1.807) is 0 Å². The number of oxime groups is 1. The number of rotatable bonds is 5. The zero-order valence-electron chi connectivity index (χ0n) is 10.9. The molecule has 0 radical (unpaired) electrons. The summed E-state index contributed by atoms with van der Waals surface area (Å²) in [6, 6.07) is 10.2. The van der Waals surface area contributed by atoms with Crippen LogP contribution in [-0.2, 0) is 16.1 Å². The van der Waals surface area contributed by atoms with Crippen LogP contribution in [0.2, 0.25) is 0 Å². The van der Waals surface area contributed by atoms with E-state index in [2.05, 4.69) is 17.3 Å². The van der Waals surface area contributed by atoms with E-state index >= 15 is 0 Å². The molecule has 0 amide bonds. The predicted octanol–water partition coefficient (Wildman–Crippen LogP) is 2.85. The molecule has 1 heterocycles. The van der Waals surface area contributed by atoms with Crippen molar-refractivity contribution in [1.82, 2.24) is 0 Å². The van der Waals surface area contributed by atoms with Crippen LogP contribution in [-0.4, -0.2) is 18.1 Å². The molecule has 3 nitrogen and oxygen atoms in total. The Hall–Kier alpha value is -1.64. The lowest BCUT2D eigenvalue weighted by atomic mass is 9.91. The monoisotopic (exact) mass is 245 g/mol. The summed E-state index contributed by atoms with van der Waals surface area (Å²) in [5.41, 5.74) is 1.84. The Morgan fingerprint density at radius 1 is 1.39 bits per heavy atom. The van der Waals surface area contributed by atoms with Gasteiger partial charge in [0.05, 0.1) is 0 Å². The first-order valence-corrected chi connectivity index (χ1v) is 6.43. The van der Waals surface area contributed by atoms with Crippen LogP contribution in [0.1, 0.15) is 25.8 Å². The van der Waals surface area contributed by atoms with Crippen molar-refractivity contribution in [1.29, 1.82) is 0 Å². The Morgan fingerprint density at radius 2 is 2.11 bits per heavy atom. The summed E-state index contributed by atoms with van der Waals surface area (Å²) in [7, 11) is 0. The van der Waals surface area contributed by atoms with Gasteiger partial charge in [0.25, 0.3) is 0 Å². The molecule has 1 aliphatic rings. The summed E-state index contributed by atoms with van der Waals surface area (Å²) in [4.78, 5) is 17.2. The van der Waals surface area contributed by atoms with Crippen LogP contribution >= 0.6 is 0 Å². The molecule has 1 aliphatic heterocycles. The molecular weight excluding hydrogens is 226 g/mol. The van der Waals surface area contributed by atoms with Gasteiger partial charge in [-0.1, -0.05) is 49.3 Å². The molecule has 0 fully saturated rings. The first kappa shape index (κ1) is 12.8. The third-order valence-electron chi connectivity index (χ3n) is 3.03. The van der Waals surface area contributed by atoms with E-state index in [9.17, 15) is 4.79 Å². The molecule has 3 heteroatoms. The van der Waals surface area contributed by atoms with E-state index in [1.807, 2.05) is 32.0 Å². The summed E-state index contributed by atoms with van der Waals surface area (Å²) >= 11 is 0. The van der Waals surface area contributed by atoms with Gasteiger partial charge in [0.15, 0.2) is 5.78 Å². The fraction of sp³-hybridized carbons (Fsp3) is 0.467. The second kappa shape index (κ2) is 5.80. The molecule has 1 atom stereocenters. The van der Waals surface area contributed by atoms with Crippen LogP contribution < -0.4 is 0 Å². The largest absolute Gasteiger partial charge is 0.395 e. The van der Waals surface area contributed by atoms with E-state index in [4.69, 9.17) is 4.84 Å². The average molecular weight is 245 g/mol. The maximum Gasteiger partial charge on any atom is 0.181 e. The molecule has 0 saturated carbocycles. The molecule has 0 aliphatic carbocycles. The van der Waals surface area contributed by atoms with E-state index in [0.29, 0.717) is 24.7 Å². The van der Waals surface area contributed by atoms with Crippen molar-refractivity contribution in [2.75, 3.05) is 6.61 Å². The minimum Gasteiger partial charge on any atom is -0.395 e. The van der Waals surface area contributed by atoms with Gasteiger partial charge >= 0.3 is 0 Å². The SMILES string of the molecule is CC(C)CC(=O)C1=NOC[C@@H]1Cc1ccccc1. The highest BCUT2D eigenvalue weighted by Gasteiger charge is 2.29. The normalized spacial score (nSPS) is 18.6. The van der Waals surface area contributed by atoms with Crippen molar-refractivity contribution in [2.45, 2.75) is 26.7 Å². The number of hydrogen-bond acceptors (Lipinski definition) is 3. The highest BCUT2D eigenvalue weighted by atomic mass is 16.6. The molecule has 96 valence electrons. The molecule has 1 aromatic carbocycles. The van der Waals surface area contributed by atoms with Crippen LogP contribution in [0.4, 0.5) is 0 Å². The smallest absolute Gasteiger partial charge is 0.181 e. The van der Waals surface area contributed by atoms with Gasteiger partial charge in [-0.15, -0.1) is 0 Å². The Labute approximate surface area is 108 Å². The third kappa shape index (κ3) is 3.19. The van der Waals surface area contributed by atoms with Crippen molar-refractivity contribution < 1.29 is 9.63 Å². The molecule has 2 rings (SSSR count). The Bertz CT molecular complexity index is 437. The standard InChI is InChI=1S/C15H19NO2/c1-11(2)8-14(17)15-13(10-18-16-15)9-12-6-4-3-5-7-12/h3-7,11,13H,8-10H2,1-2H3/t13-/m0/s1. The fourth-order valence-corrected chi connectivity index (χ4v) is 2.16. The second-order valence-electron chi connectivity index (χ2n) is 5.18. The Kier molecular flexibility index (Phi) is 4.13. The van der Waals surface area contributed by atoms with E-state index < -0.39 is 0 Å². The summed E-state index contributed by atoms with van der Waals surface area (Å²) in [5.74, 6) is 0.597. The molecule has 18 heavy (non-hydrogen) atoms. The Morgan fingerprint density at radius 3 is 2.78 bits per heavy atom. The fourth-order valence-electron chi connectivity index (χ4n) is 2.16. The van der Waals surface area contributed by atoms with E-state index in [1.165, 1.54) is 5.56 Å². The van der Waals surface area contributed by atoms with Crippen LogP contribution in [0.25, 0.3) is 0 Å². The highest BCUT2D eigenvalue weighted by Crippen LogP contribution is 2.19. The van der Waals surface area contributed by atoms with Crippen LogP contribution in [0.15, 0.2) is 35.5 Å². The highest BCUT2D eigenvalue weighted by molar-refractivity contribution is 6.40. The van der Waals surface area contributed by atoms with Crippen LogP contribution in [0.3, 0.4) is 0 Å². The lowest BCUT2D eigenvalue weighted by Crippen LogP contribution is -2.25. The van der Waals surface area contributed by atoms with Gasteiger partial charge in [0.2, 0.25) is 0 Å². The minimum atomic E-state index is 0.110. The molecule has 0 spiro atoms. The lowest BCUT2D eigenvalue weighted by Gasteiger charge is -2.10. The molecule has 0 unspecified atom stereocenters. The Balaban J connectivity index is 2.01. The average Bonchev–Trinajstić information content (AvgIpc) is 2.77. The molecular formula is C15H19NO2. The summed E-state index contributed by atoms with van der Waals surface area (Å²) in [6.45, 7) is 4.61. The number of ketones is 1. The maximum atomic E-state index is 12.0. The van der Waals surface area contributed by atoms with Crippen molar-refractivity contribution >= 4 is 11.5 Å². The first-order chi connectivity index (χ1) is 8.66. The minimum absolute atomic E-state index is 0.110. The van der Waals surface area contributed by atoms with Gasteiger partial charge in [-0.2, -0.15) is 0 Å². The van der Waals surface area contributed by atoms with Gasteiger partial charge in [-0.05, 0) is 17.9 Å². The second-order valence-corrected chi connectivity index (χ2v) is 5.18. The van der Waals surface area contributed by atoms with Crippen molar-refractivity contribution in [3.8, 4) is 0 Å². The van der Waals surface area contributed by atoms with Crippen LogP contribution in [0.5, 0.6) is 0 Å². The topological polar surface area (TPSA) is 38.7 Å². The molecule has 1 aromatic rings. The van der Waals surface area contributed by atoms with Crippen molar-refractivity contribution in [3.05, 3.63) is 35.9 Å². The van der Waals surface area contributed by atoms with E-state index in [-0.39, 0.29) is 11.7 Å². The number of benzene rings is 1. The van der Waals surface area contributed by atoms with Crippen molar-refractivity contribution in [3.63, 3.8) is 0 Å². The summed E-state index contributed by atoms with van der Waals surface area (Å²) in [5, 5.41) is 3.93. The van der Waals surface area contributed by atoms with Gasteiger partial charge in [-0.25, -0.2) is 0 Å². The maximum absolute atomic E-state index is 12.0. The van der Waals surface area contributed by atoms with Gasteiger partial charge in [-0.3, -0.25) is 4.79 Å². The zero-order chi connectivity index (χ0) is 13.0. The summed E-state index contributed by atoms with van der Waals surface area (Å²) in [6.07, 6.45) is 1.37. The number of carbonyl (C=O) groups excluding carboxylic acids is 1. The number of nitrogens with zero attached hydrogens (tertiary/aromatic N) is 1. The van der Waals surface area contributed by atoms with Gasteiger partial charge in [0.1, 0.15) is 12.3 Å². The van der Waals surface area contributed by atoms with Gasteiger partial charge < -0.3 is 4.84 Å². The summed E-state index contributed by atoms with van der Waals surface area (Å²) < 4.78 is 0. The first-order valence-electron chi connectivity index (χ1n) is 6.43. The molecule has 0 aromatic heterocycles.